The number of carbonyl (C=O) groups excluding carboxylic acids is 2. The van der Waals surface area contributed by atoms with E-state index in [9.17, 15) is 18.0 Å². The van der Waals surface area contributed by atoms with Crippen LogP contribution in [-0.4, -0.2) is 44.3 Å². The van der Waals surface area contributed by atoms with Crippen molar-refractivity contribution in [3.05, 3.63) is 128 Å². The molecule has 0 unspecified atom stereocenters. The van der Waals surface area contributed by atoms with Crippen LogP contribution in [0.25, 0.3) is 0 Å². The highest BCUT2D eigenvalue weighted by Gasteiger charge is 2.35. The number of nitrogens with zero attached hydrogens (tertiary/aromatic N) is 2. The first kappa shape index (κ1) is 35.5. The van der Waals surface area contributed by atoms with Crippen molar-refractivity contribution in [2.24, 2.45) is 5.92 Å². The van der Waals surface area contributed by atoms with E-state index in [1.54, 1.807) is 24.3 Å². The molecule has 0 aliphatic rings. The molecule has 46 heavy (non-hydrogen) atoms. The maximum atomic E-state index is 14.6. The number of amides is 2. The SMILES string of the molecule is Cc1ccc(S(=O)(=O)N(CC(=O)N(Cc2ccc(Br)cc2)[C@@H](Cc2ccccc2)C(=O)NCC(C)C)c2cccc(Cl)c2Cl)cc1. The summed E-state index contributed by atoms with van der Waals surface area (Å²) in [4.78, 5) is 29.8. The van der Waals surface area contributed by atoms with Gasteiger partial charge in [0.1, 0.15) is 12.6 Å². The zero-order valence-corrected chi connectivity index (χ0v) is 29.7. The first-order valence-electron chi connectivity index (χ1n) is 14.8. The van der Waals surface area contributed by atoms with E-state index in [0.29, 0.717) is 6.54 Å². The smallest absolute Gasteiger partial charge is 0.264 e. The van der Waals surface area contributed by atoms with Gasteiger partial charge in [0.05, 0.1) is 20.6 Å². The van der Waals surface area contributed by atoms with Crippen LogP contribution in [0.2, 0.25) is 10.0 Å². The highest BCUT2D eigenvalue weighted by Crippen LogP contribution is 2.35. The Kier molecular flexibility index (Phi) is 12.3. The topological polar surface area (TPSA) is 86.8 Å². The van der Waals surface area contributed by atoms with E-state index in [1.807, 2.05) is 75.4 Å². The Morgan fingerprint density at radius 3 is 2.13 bits per heavy atom. The maximum Gasteiger partial charge on any atom is 0.264 e. The summed E-state index contributed by atoms with van der Waals surface area (Å²) in [5.41, 5.74) is 2.54. The number of halogens is 3. The minimum Gasteiger partial charge on any atom is -0.354 e. The number of carbonyl (C=O) groups is 2. The van der Waals surface area contributed by atoms with Gasteiger partial charge < -0.3 is 10.2 Å². The molecule has 0 aliphatic heterocycles. The Morgan fingerprint density at radius 1 is 0.848 bits per heavy atom. The van der Waals surface area contributed by atoms with Crippen molar-refractivity contribution in [2.45, 2.75) is 44.7 Å². The van der Waals surface area contributed by atoms with Crippen molar-refractivity contribution in [3.63, 3.8) is 0 Å². The number of benzene rings is 4. The largest absolute Gasteiger partial charge is 0.354 e. The third kappa shape index (κ3) is 9.12. The third-order valence-corrected chi connectivity index (χ3v) is 10.4. The molecular weight excluding hydrogens is 709 g/mol. The van der Waals surface area contributed by atoms with Crippen LogP contribution in [0.4, 0.5) is 5.69 Å². The number of hydrogen-bond donors (Lipinski definition) is 1. The maximum absolute atomic E-state index is 14.6. The average Bonchev–Trinajstić information content (AvgIpc) is 3.03. The second-order valence-electron chi connectivity index (χ2n) is 11.4. The fourth-order valence-electron chi connectivity index (χ4n) is 4.80. The van der Waals surface area contributed by atoms with Gasteiger partial charge >= 0.3 is 0 Å². The molecule has 0 fully saturated rings. The van der Waals surface area contributed by atoms with Gasteiger partial charge in [-0.05, 0) is 60.4 Å². The minimum absolute atomic E-state index is 0.0115. The molecule has 7 nitrogen and oxygen atoms in total. The van der Waals surface area contributed by atoms with E-state index in [0.717, 1.165) is 25.5 Å². The molecule has 0 aromatic heterocycles. The average molecular weight is 746 g/mol. The second-order valence-corrected chi connectivity index (χ2v) is 15.0. The first-order valence-corrected chi connectivity index (χ1v) is 17.7. The van der Waals surface area contributed by atoms with E-state index in [1.165, 1.54) is 23.1 Å². The molecular formula is C35H36BrCl2N3O4S. The van der Waals surface area contributed by atoms with Crippen LogP contribution in [0.3, 0.4) is 0 Å². The van der Waals surface area contributed by atoms with Crippen molar-refractivity contribution >= 4 is 66.7 Å². The van der Waals surface area contributed by atoms with Gasteiger partial charge in [-0.1, -0.05) is 119 Å². The van der Waals surface area contributed by atoms with Crippen LogP contribution in [0.15, 0.2) is 106 Å². The summed E-state index contributed by atoms with van der Waals surface area (Å²) in [5.74, 6) is -0.746. The van der Waals surface area contributed by atoms with Crippen molar-refractivity contribution < 1.29 is 18.0 Å². The number of anilines is 1. The van der Waals surface area contributed by atoms with Crippen molar-refractivity contribution in [3.8, 4) is 0 Å². The van der Waals surface area contributed by atoms with Gasteiger partial charge in [-0.15, -0.1) is 0 Å². The van der Waals surface area contributed by atoms with Crippen molar-refractivity contribution in [2.75, 3.05) is 17.4 Å². The Labute approximate surface area is 289 Å². The molecule has 2 amide bonds. The summed E-state index contributed by atoms with van der Waals surface area (Å²) in [5, 5.41) is 3.11. The Hall–Kier alpha value is -3.37. The molecule has 1 atom stereocenters. The van der Waals surface area contributed by atoms with Gasteiger partial charge in [0.15, 0.2) is 0 Å². The first-order chi connectivity index (χ1) is 21.9. The van der Waals surface area contributed by atoms with Gasteiger partial charge in [-0.2, -0.15) is 0 Å². The van der Waals surface area contributed by atoms with E-state index in [2.05, 4.69) is 21.2 Å². The Morgan fingerprint density at radius 2 is 1.50 bits per heavy atom. The summed E-state index contributed by atoms with van der Waals surface area (Å²) in [6.07, 6.45) is 0.218. The van der Waals surface area contributed by atoms with E-state index < -0.39 is 28.5 Å². The zero-order chi connectivity index (χ0) is 33.4. The van der Waals surface area contributed by atoms with Crippen LogP contribution in [-0.2, 0) is 32.6 Å². The molecule has 0 saturated heterocycles. The van der Waals surface area contributed by atoms with Gasteiger partial charge in [0, 0.05) is 24.0 Å². The van der Waals surface area contributed by atoms with Gasteiger partial charge in [-0.25, -0.2) is 8.42 Å². The second kappa shape index (κ2) is 16.0. The van der Waals surface area contributed by atoms with Crippen molar-refractivity contribution in [1.29, 1.82) is 0 Å². The lowest BCUT2D eigenvalue weighted by atomic mass is 10.0. The molecule has 0 spiro atoms. The van der Waals surface area contributed by atoms with Gasteiger partial charge in [-0.3, -0.25) is 13.9 Å². The highest BCUT2D eigenvalue weighted by atomic mass is 79.9. The third-order valence-electron chi connectivity index (χ3n) is 7.31. The standard InChI is InChI=1S/C35H36BrCl2N3O4S/c1-24(2)21-39-35(43)32(20-26-8-5-4-6-9-26)40(22-27-14-16-28(36)17-15-27)33(42)23-41(31-11-7-10-30(37)34(31)38)46(44,45)29-18-12-25(3)13-19-29/h4-19,24,32H,20-23H2,1-3H3,(H,39,43)/t32-/m0/s1. The molecule has 4 aromatic rings. The van der Waals surface area contributed by atoms with Crippen LogP contribution in [0, 0.1) is 12.8 Å². The summed E-state index contributed by atoms with van der Waals surface area (Å²) in [6, 6.07) is 26.8. The Balaban J connectivity index is 1.82. The zero-order valence-electron chi connectivity index (χ0n) is 25.8. The normalized spacial score (nSPS) is 12.1. The molecule has 0 bridgehead atoms. The predicted molar refractivity (Wildman–Crippen MR) is 189 cm³/mol. The van der Waals surface area contributed by atoms with Crippen molar-refractivity contribution in [1.82, 2.24) is 10.2 Å². The molecule has 4 rings (SSSR count). The fourth-order valence-corrected chi connectivity index (χ4v) is 6.94. The summed E-state index contributed by atoms with van der Waals surface area (Å²) >= 11 is 16.4. The number of rotatable bonds is 13. The highest BCUT2D eigenvalue weighted by molar-refractivity contribution is 9.10. The number of hydrogen-bond acceptors (Lipinski definition) is 4. The van der Waals surface area contributed by atoms with E-state index >= 15 is 0 Å². The molecule has 1 N–H and O–H groups in total. The van der Waals surface area contributed by atoms with Crippen LogP contribution < -0.4 is 9.62 Å². The summed E-state index contributed by atoms with van der Waals surface area (Å²) in [6.45, 7) is 5.66. The summed E-state index contributed by atoms with van der Waals surface area (Å²) in [7, 11) is -4.31. The number of nitrogens with one attached hydrogen (secondary N) is 1. The monoisotopic (exact) mass is 743 g/mol. The fraction of sp³-hybridized carbons (Fsp3) is 0.257. The lowest BCUT2D eigenvalue weighted by Gasteiger charge is -2.34. The molecule has 0 saturated carbocycles. The molecule has 0 radical (unpaired) electrons. The van der Waals surface area contributed by atoms with Gasteiger partial charge in [0.25, 0.3) is 10.0 Å². The predicted octanol–water partition coefficient (Wildman–Crippen LogP) is 7.67. The van der Waals surface area contributed by atoms with E-state index in [4.69, 9.17) is 23.2 Å². The molecule has 11 heteroatoms. The molecule has 0 aliphatic carbocycles. The number of sulfonamides is 1. The minimum atomic E-state index is -4.31. The lowest BCUT2D eigenvalue weighted by molar-refractivity contribution is -0.140. The lowest BCUT2D eigenvalue weighted by Crippen LogP contribution is -2.53. The molecule has 0 heterocycles. The summed E-state index contributed by atoms with van der Waals surface area (Å²) < 4.78 is 30.2. The van der Waals surface area contributed by atoms with Crippen LogP contribution in [0.1, 0.15) is 30.5 Å². The van der Waals surface area contributed by atoms with Crippen LogP contribution in [0.5, 0.6) is 0 Å². The number of aryl methyl sites for hydroxylation is 1. The quantitative estimate of drug-likeness (QED) is 0.152. The molecule has 4 aromatic carbocycles. The van der Waals surface area contributed by atoms with Crippen LogP contribution >= 0.6 is 39.1 Å². The molecule has 242 valence electrons. The Bertz CT molecular complexity index is 1750. The van der Waals surface area contributed by atoms with E-state index in [-0.39, 0.29) is 45.4 Å². The van der Waals surface area contributed by atoms with Gasteiger partial charge in [0.2, 0.25) is 11.8 Å².